The van der Waals surface area contributed by atoms with Gasteiger partial charge in [0.2, 0.25) is 0 Å². The molecule has 2 N–H and O–H groups in total. The third-order valence-electron chi connectivity index (χ3n) is 5.59. The highest BCUT2D eigenvalue weighted by Crippen LogP contribution is 2.28. The van der Waals surface area contributed by atoms with Crippen LogP contribution in [-0.4, -0.2) is 58.2 Å². The van der Waals surface area contributed by atoms with Gasteiger partial charge in [0.1, 0.15) is 11.9 Å². The first-order valence-corrected chi connectivity index (χ1v) is 9.20. The van der Waals surface area contributed by atoms with Crippen molar-refractivity contribution in [1.29, 1.82) is 0 Å². The molecule has 5 nitrogen and oxygen atoms in total. The number of hydrogen-bond donors (Lipinski definition) is 2. The lowest BCUT2D eigenvalue weighted by Gasteiger charge is -2.42. The van der Waals surface area contributed by atoms with E-state index in [2.05, 4.69) is 4.90 Å². The summed E-state index contributed by atoms with van der Waals surface area (Å²) in [7, 11) is 0. The molecule has 0 radical (unpaired) electrons. The van der Waals surface area contributed by atoms with E-state index in [1.165, 1.54) is 50.3 Å². The Morgan fingerprint density at radius 2 is 1.84 bits per heavy atom. The van der Waals surface area contributed by atoms with Crippen molar-refractivity contribution >= 4 is 5.97 Å². The van der Waals surface area contributed by atoms with E-state index in [4.69, 9.17) is 0 Å². The number of aliphatic hydroxyl groups excluding tert-OH is 1. The maximum absolute atomic E-state index is 13.6. The van der Waals surface area contributed by atoms with Crippen LogP contribution in [0.15, 0.2) is 18.2 Å². The van der Waals surface area contributed by atoms with E-state index in [1.54, 1.807) is 0 Å². The summed E-state index contributed by atoms with van der Waals surface area (Å²) in [6.45, 7) is 2.71. The first kappa shape index (κ1) is 18.3. The highest BCUT2D eigenvalue weighted by atomic mass is 19.1. The molecule has 2 fully saturated rings. The molecule has 0 aromatic heterocycles. The molecular weight excluding hydrogens is 323 g/mol. The number of carboxylic acids is 1. The lowest BCUT2D eigenvalue weighted by atomic mass is 9.93. The summed E-state index contributed by atoms with van der Waals surface area (Å²) >= 11 is 0. The fourth-order valence-electron chi connectivity index (χ4n) is 4.20. The summed E-state index contributed by atoms with van der Waals surface area (Å²) in [6.07, 6.45) is 6.42. The van der Waals surface area contributed by atoms with E-state index in [-0.39, 0.29) is 5.56 Å². The number of carboxylic acid groups (broad SMARTS) is 1. The lowest BCUT2D eigenvalue weighted by Crippen LogP contribution is -2.52. The zero-order valence-corrected chi connectivity index (χ0v) is 14.5. The molecule has 1 atom stereocenters. The van der Waals surface area contributed by atoms with Crippen LogP contribution >= 0.6 is 0 Å². The Morgan fingerprint density at radius 1 is 1.16 bits per heavy atom. The molecule has 1 aliphatic carbocycles. The Bertz CT molecular complexity index is 596. The summed E-state index contributed by atoms with van der Waals surface area (Å²) in [5, 5.41) is 19.0. The number of aliphatic carboxylic acids is 1. The molecule has 3 rings (SSSR count). The molecule has 0 unspecified atom stereocenters. The largest absolute Gasteiger partial charge is 0.480 e. The van der Waals surface area contributed by atoms with Crippen molar-refractivity contribution in [3.05, 3.63) is 35.1 Å². The number of nitrogens with zero attached hydrogens (tertiary/aromatic N) is 2. The van der Waals surface area contributed by atoms with Gasteiger partial charge in [-0.2, -0.15) is 0 Å². The molecule has 1 aromatic carbocycles. The fourth-order valence-corrected chi connectivity index (χ4v) is 4.20. The van der Waals surface area contributed by atoms with Crippen molar-refractivity contribution in [3.63, 3.8) is 0 Å². The monoisotopic (exact) mass is 350 g/mol. The number of aliphatic hydroxyl groups is 1. The van der Waals surface area contributed by atoms with Gasteiger partial charge >= 0.3 is 5.97 Å². The van der Waals surface area contributed by atoms with Gasteiger partial charge in [0.15, 0.2) is 0 Å². The smallest absolute Gasteiger partial charge is 0.325 e. The predicted octanol–water partition coefficient (Wildman–Crippen LogP) is 2.39. The number of benzene rings is 1. The van der Waals surface area contributed by atoms with E-state index in [0.717, 1.165) is 13.1 Å². The van der Waals surface area contributed by atoms with E-state index in [0.29, 0.717) is 24.7 Å². The normalized spacial score (nSPS) is 22.0. The van der Waals surface area contributed by atoms with Crippen molar-refractivity contribution in [2.45, 2.75) is 50.8 Å². The van der Waals surface area contributed by atoms with Crippen LogP contribution in [0.1, 0.15) is 49.3 Å². The SMILES string of the molecule is O=C(O)[C@@H](c1ccc(F)c(CO)c1)N1CCN(C2CCCCC2)CC1. The van der Waals surface area contributed by atoms with E-state index in [9.17, 15) is 19.4 Å². The van der Waals surface area contributed by atoms with Gasteiger partial charge in [0, 0.05) is 37.8 Å². The number of carbonyl (C=O) groups is 1. The molecule has 2 aliphatic rings. The average molecular weight is 350 g/mol. The summed E-state index contributed by atoms with van der Waals surface area (Å²) in [5.74, 6) is -1.43. The molecular formula is C19H27FN2O3. The van der Waals surface area contributed by atoms with Crippen molar-refractivity contribution in [3.8, 4) is 0 Å². The molecule has 1 saturated heterocycles. The molecule has 6 heteroatoms. The van der Waals surface area contributed by atoms with Crippen LogP contribution in [0.2, 0.25) is 0 Å². The molecule has 138 valence electrons. The Hall–Kier alpha value is -1.50. The first-order valence-electron chi connectivity index (χ1n) is 9.20. The van der Waals surface area contributed by atoms with Crippen LogP contribution in [0.4, 0.5) is 4.39 Å². The molecule has 0 spiro atoms. The van der Waals surface area contributed by atoms with Crippen molar-refractivity contribution < 1.29 is 19.4 Å². The van der Waals surface area contributed by atoms with Crippen molar-refractivity contribution in [2.75, 3.05) is 26.2 Å². The molecule has 0 bridgehead atoms. The minimum absolute atomic E-state index is 0.143. The fraction of sp³-hybridized carbons (Fsp3) is 0.632. The third kappa shape index (κ3) is 4.19. The van der Waals surface area contributed by atoms with Gasteiger partial charge in [-0.15, -0.1) is 0 Å². The molecule has 25 heavy (non-hydrogen) atoms. The minimum atomic E-state index is -0.929. The van der Waals surface area contributed by atoms with E-state index < -0.39 is 24.4 Å². The molecule has 1 aliphatic heterocycles. The lowest BCUT2D eigenvalue weighted by molar-refractivity contribution is -0.144. The van der Waals surface area contributed by atoms with E-state index in [1.807, 2.05) is 4.90 Å². The van der Waals surface area contributed by atoms with Gasteiger partial charge in [-0.25, -0.2) is 4.39 Å². The molecule has 1 heterocycles. The predicted molar refractivity (Wildman–Crippen MR) is 92.7 cm³/mol. The second-order valence-corrected chi connectivity index (χ2v) is 7.11. The van der Waals surface area contributed by atoms with Crippen LogP contribution in [-0.2, 0) is 11.4 Å². The number of halogens is 1. The Kier molecular flexibility index (Phi) is 6.04. The summed E-state index contributed by atoms with van der Waals surface area (Å²) < 4.78 is 13.6. The van der Waals surface area contributed by atoms with Gasteiger partial charge in [0.25, 0.3) is 0 Å². The maximum atomic E-state index is 13.6. The van der Waals surface area contributed by atoms with Crippen LogP contribution in [0, 0.1) is 5.82 Å². The van der Waals surface area contributed by atoms with Gasteiger partial charge in [-0.1, -0.05) is 25.3 Å². The second-order valence-electron chi connectivity index (χ2n) is 7.11. The molecule has 1 aromatic rings. The topological polar surface area (TPSA) is 64.0 Å². The number of piperazine rings is 1. The zero-order chi connectivity index (χ0) is 17.8. The van der Waals surface area contributed by atoms with Gasteiger partial charge in [-0.05, 0) is 30.5 Å². The first-order chi connectivity index (χ1) is 12.1. The standard InChI is InChI=1S/C19H27FN2O3/c20-17-7-6-14(12-15(17)13-23)18(19(24)25)22-10-8-21(9-11-22)16-4-2-1-3-5-16/h6-7,12,16,18,23H,1-5,8-11,13H2,(H,24,25)/t18-/m1/s1. The van der Waals surface area contributed by atoms with Crippen LogP contribution < -0.4 is 0 Å². The van der Waals surface area contributed by atoms with Crippen LogP contribution in [0.5, 0.6) is 0 Å². The Morgan fingerprint density at radius 3 is 2.44 bits per heavy atom. The number of rotatable bonds is 5. The van der Waals surface area contributed by atoms with Crippen molar-refractivity contribution in [1.82, 2.24) is 9.80 Å². The van der Waals surface area contributed by atoms with Gasteiger partial charge in [-0.3, -0.25) is 14.6 Å². The Labute approximate surface area is 148 Å². The maximum Gasteiger partial charge on any atom is 0.325 e. The third-order valence-corrected chi connectivity index (χ3v) is 5.59. The summed E-state index contributed by atoms with van der Waals surface area (Å²) in [5.41, 5.74) is 0.675. The van der Waals surface area contributed by atoms with Crippen LogP contribution in [0.25, 0.3) is 0 Å². The quantitative estimate of drug-likeness (QED) is 0.854. The molecule has 0 amide bonds. The van der Waals surface area contributed by atoms with Crippen molar-refractivity contribution in [2.24, 2.45) is 0 Å². The zero-order valence-electron chi connectivity index (χ0n) is 14.5. The summed E-state index contributed by atoms with van der Waals surface area (Å²) in [4.78, 5) is 16.3. The average Bonchev–Trinajstić information content (AvgIpc) is 2.64. The summed E-state index contributed by atoms with van der Waals surface area (Å²) in [6, 6.07) is 4.09. The van der Waals surface area contributed by atoms with Gasteiger partial charge < -0.3 is 10.2 Å². The highest BCUT2D eigenvalue weighted by Gasteiger charge is 2.32. The van der Waals surface area contributed by atoms with Gasteiger partial charge in [0.05, 0.1) is 6.61 Å². The minimum Gasteiger partial charge on any atom is -0.480 e. The van der Waals surface area contributed by atoms with E-state index >= 15 is 0 Å². The second kappa shape index (κ2) is 8.25. The highest BCUT2D eigenvalue weighted by molar-refractivity contribution is 5.75. The Balaban J connectivity index is 1.69. The van der Waals surface area contributed by atoms with Crippen LogP contribution in [0.3, 0.4) is 0 Å². The number of hydrogen-bond acceptors (Lipinski definition) is 4. The molecule has 1 saturated carbocycles.